The van der Waals surface area contributed by atoms with Crippen molar-refractivity contribution in [2.24, 2.45) is 16.7 Å². The highest BCUT2D eigenvalue weighted by atomic mass is 19.4. The summed E-state index contributed by atoms with van der Waals surface area (Å²) in [4.78, 5) is 43.6. The number of hydrogen-bond donors (Lipinski definition) is 0. The van der Waals surface area contributed by atoms with Crippen LogP contribution in [-0.4, -0.2) is 87.8 Å². The first-order chi connectivity index (χ1) is 26.3. The monoisotopic (exact) mass is 788 g/mol. The van der Waals surface area contributed by atoms with E-state index in [0.717, 1.165) is 5.56 Å². The summed E-state index contributed by atoms with van der Waals surface area (Å²) in [5.74, 6) is -5.66. The summed E-state index contributed by atoms with van der Waals surface area (Å²) in [6, 6.07) is 11.1. The van der Waals surface area contributed by atoms with Crippen LogP contribution in [0.2, 0.25) is 0 Å². The van der Waals surface area contributed by atoms with Gasteiger partial charge in [0.15, 0.2) is 0 Å². The van der Waals surface area contributed by atoms with E-state index in [1.807, 2.05) is 0 Å². The summed E-state index contributed by atoms with van der Waals surface area (Å²) >= 11 is 0. The molecule has 2 amide bonds. The lowest BCUT2D eigenvalue weighted by Crippen LogP contribution is -2.65. The van der Waals surface area contributed by atoms with Crippen molar-refractivity contribution in [2.75, 3.05) is 32.8 Å². The number of aromatic nitrogens is 2. The molecule has 0 unspecified atom stereocenters. The summed E-state index contributed by atoms with van der Waals surface area (Å²) in [7, 11) is 0. The van der Waals surface area contributed by atoms with E-state index in [-0.39, 0.29) is 107 Å². The molecule has 9 nitrogen and oxygen atoms in total. The molecule has 2 saturated heterocycles. The van der Waals surface area contributed by atoms with Crippen LogP contribution in [0.3, 0.4) is 0 Å². The van der Waals surface area contributed by atoms with Gasteiger partial charge in [0.25, 0.3) is 5.91 Å². The van der Waals surface area contributed by atoms with Crippen LogP contribution < -0.4 is 0 Å². The number of halogens is 6. The second-order valence-electron chi connectivity index (χ2n) is 17.1. The number of amides is 2. The van der Waals surface area contributed by atoms with Crippen LogP contribution in [0.25, 0.3) is 0 Å². The minimum absolute atomic E-state index is 0.0241. The van der Waals surface area contributed by atoms with Gasteiger partial charge in [0, 0.05) is 56.6 Å². The number of benzene rings is 2. The van der Waals surface area contributed by atoms with Gasteiger partial charge in [0.1, 0.15) is 16.8 Å². The molecule has 2 saturated carbocycles. The van der Waals surface area contributed by atoms with Gasteiger partial charge in [-0.3, -0.25) is 14.3 Å². The quantitative estimate of drug-likeness (QED) is 0.154. The van der Waals surface area contributed by atoms with Gasteiger partial charge in [-0.25, -0.2) is 18.0 Å². The van der Waals surface area contributed by atoms with Crippen molar-refractivity contribution in [3.63, 3.8) is 0 Å². The maximum absolute atomic E-state index is 14.1. The van der Waals surface area contributed by atoms with Gasteiger partial charge in [-0.1, -0.05) is 30.3 Å². The molecular weight excluding hydrogens is 742 g/mol. The molecule has 3 aromatic rings. The first kappa shape index (κ1) is 39.8. The summed E-state index contributed by atoms with van der Waals surface area (Å²) < 4.78 is 96.9. The van der Waals surface area contributed by atoms with Gasteiger partial charge in [0.05, 0.1) is 37.1 Å². The Morgan fingerprint density at radius 3 is 2.20 bits per heavy atom. The molecule has 2 aromatic carbocycles. The Kier molecular flexibility index (Phi) is 10.3. The van der Waals surface area contributed by atoms with E-state index < -0.39 is 40.4 Å². The van der Waals surface area contributed by atoms with Crippen LogP contribution in [0.1, 0.15) is 103 Å². The largest absolute Gasteiger partial charge is 0.456 e. The van der Waals surface area contributed by atoms with Crippen LogP contribution in [0.5, 0.6) is 0 Å². The van der Waals surface area contributed by atoms with Gasteiger partial charge in [0.2, 0.25) is 11.8 Å². The molecule has 1 aromatic heterocycles. The molecule has 2 aliphatic carbocycles. The fourth-order valence-electron chi connectivity index (χ4n) is 8.52. The van der Waals surface area contributed by atoms with Crippen molar-refractivity contribution in [2.45, 2.75) is 96.1 Å². The van der Waals surface area contributed by atoms with Crippen molar-refractivity contribution < 1.29 is 50.2 Å². The fraction of sp³-hybridized carbons (Fsp3) is 0.561. The summed E-state index contributed by atoms with van der Waals surface area (Å²) in [6.07, 6.45) is -2.31. The first-order valence-electron chi connectivity index (χ1n) is 19.0. The average molecular weight is 789 g/mol. The minimum Gasteiger partial charge on any atom is -0.456 e. The van der Waals surface area contributed by atoms with E-state index in [1.165, 1.54) is 23.2 Å². The van der Waals surface area contributed by atoms with E-state index >= 15 is 0 Å². The molecule has 0 radical (unpaired) electrons. The van der Waals surface area contributed by atoms with Gasteiger partial charge >= 0.3 is 12.1 Å². The Hall–Kier alpha value is -4.40. The highest BCUT2D eigenvalue weighted by Crippen LogP contribution is 2.60. The Balaban J connectivity index is 1.09. The molecule has 3 heterocycles. The summed E-state index contributed by atoms with van der Waals surface area (Å²) in [5, 5.41) is 4.30. The van der Waals surface area contributed by atoms with Crippen molar-refractivity contribution in [3.8, 4) is 0 Å². The molecule has 1 spiro atoms. The van der Waals surface area contributed by atoms with Crippen LogP contribution in [0, 0.1) is 22.6 Å². The van der Waals surface area contributed by atoms with Crippen LogP contribution in [0.15, 0.2) is 54.9 Å². The Morgan fingerprint density at radius 2 is 1.57 bits per heavy atom. The molecule has 4 aliphatic rings. The number of likely N-dealkylation sites (tertiary alicyclic amines) is 2. The molecule has 4 fully saturated rings. The van der Waals surface area contributed by atoms with Gasteiger partial charge < -0.3 is 19.3 Å². The maximum atomic E-state index is 14.1. The van der Waals surface area contributed by atoms with Crippen molar-refractivity contribution >= 4 is 17.8 Å². The molecule has 56 heavy (non-hydrogen) atoms. The van der Waals surface area contributed by atoms with E-state index in [0.29, 0.717) is 23.2 Å². The number of carbonyl (C=O) groups is 3. The number of esters is 1. The highest BCUT2D eigenvalue weighted by Gasteiger charge is 2.71. The molecule has 2 aliphatic heterocycles. The van der Waals surface area contributed by atoms with Crippen LogP contribution >= 0.6 is 0 Å². The van der Waals surface area contributed by atoms with Gasteiger partial charge in [-0.2, -0.15) is 18.3 Å². The first-order valence-corrected chi connectivity index (χ1v) is 19.0. The fourth-order valence-corrected chi connectivity index (χ4v) is 8.52. The normalized spacial score (nSPS) is 21.6. The molecule has 15 heteroatoms. The molecule has 0 N–H and O–H groups in total. The summed E-state index contributed by atoms with van der Waals surface area (Å²) in [5.41, 5.74) is -1.45. The third-order valence-corrected chi connectivity index (χ3v) is 11.8. The predicted octanol–water partition coefficient (Wildman–Crippen LogP) is 7.78. The zero-order valence-electron chi connectivity index (χ0n) is 31.6. The lowest BCUT2D eigenvalue weighted by atomic mass is 9.71. The van der Waals surface area contributed by atoms with E-state index in [9.17, 15) is 40.7 Å². The zero-order chi connectivity index (χ0) is 40.3. The molecule has 1 atom stereocenters. The highest BCUT2D eigenvalue weighted by molar-refractivity contribution is 5.94. The molecule has 302 valence electrons. The minimum atomic E-state index is -4.65. The second kappa shape index (κ2) is 14.5. The predicted molar refractivity (Wildman–Crippen MR) is 191 cm³/mol. The van der Waals surface area contributed by atoms with Crippen molar-refractivity contribution in [3.05, 3.63) is 88.5 Å². The van der Waals surface area contributed by atoms with E-state index in [4.69, 9.17) is 9.47 Å². The topological polar surface area (TPSA) is 94.0 Å². The lowest BCUT2D eigenvalue weighted by Gasteiger charge is -2.51. The summed E-state index contributed by atoms with van der Waals surface area (Å²) in [6.45, 7) is 5.94. The standard InChI is InChI=1S/C41H46F6N4O5/c1-37(2,3)56-35(53)33-28(5-4-6-32(33)27-11-13-40(43,44)14-12-27)21-55-22-30-20-49(23-38(30)24-50(25-38)36(54)39(15-16-39)41(45,46)47)34(52)29-17-48-51(19-29)18-26-7-9-31(42)10-8-26/h4-10,17,19,27,30H,11-16,18,20-25H2,1-3H3/t30-/m0/s1. The number of rotatable bonds is 10. The number of hydrogen-bond acceptors (Lipinski definition) is 6. The number of nitrogens with zero attached hydrogens (tertiary/aromatic N) is 4. The van der Waals surface area contributed by atoms with E-state index in [1.54, 1.807) is 66.9 Å². The van der Waals surface area contributed by atoms with Crippen LogP contribution in [-0.2, 0) is 27.4 Å². The Bertz CT molecular complexity index is 1950. The third-order valence-electron chi connectivity index (χ3n) is 11.8. The number of alkyl halides is 5. The van der Waals surface area contributed by atoms with Gasteiger partial charge in [-0.15, -0.1) is 0 Å². The van der Waals surface area contributed by atoms with Gasteiger partial charge in [-0.05, 0) is 81.2 Å². The third kappa shape index (κ3) is 8.05. The molecular formula is C41H46F6N4O5. The Morgan fingerprint density at radius 1 is 0.911 bits per heavy atom. The molecule has 7 rings (SSSR count). The zero-order valence-corrected chi connectivity index (χ0v) is 31.6. The van der Waals surface area contributed by atoms with Crippen molar-refractivity contribution in [1.82, 2.24) is 19.6 Å². The van der Waals surface area contributed by atoms with E-state index in [2.05, 4.69) is 5.10 Å². The maximum Gasteiger partial charge on any atom is 0.403 e. The lowest BCUT2D eigenvalue weighted by molar-refractivity contribution is -0.205. The molecule has 0 bridgehead atoms. The average Bonchev–Trinajstić information content (AvgIpc) is 3.67. The second-order valence-corrected chi connectivity index (χ2v) is 17.1. The van der Waals surface area contributed by atoms with Crippen molar-refractivity contribution in [1.29, 1.82) is 0 Å². The van der Waals surface area contributed by atoms with Crippen LogP contribution in [0.4, 0.5) is 26.3 Å². The Labute approximate surface area is 321 Å². The number of carbonyl (C=O) groups excluding carboxylic acids is 3. The smallest absolute Gasteiger partial charge is 0.403 e. The number of ether oxygens (including phenoxy) is 2. The SMILES string of the molecule is CC(C)(C)OC(=O)c1c(COC[C@@H]2CN(C(=O)c3cnn(Cc4ccc(F)cc4)c3)CC23CN(C(=O)C2(C(F)(F)F)CC2)C3)cccc1C1CCC(F)(F)CC1.